The van der Waals surface area contributed by atoms with Crippen LogP contribution in [0, 0.1) is 0 Å². The van der Waals surface area contributed by atoms with Crippen molar-refractivity contribution in [3.63, 3.8) is 0 Å². The molecule has 0 spiro atoms. The first-order valence-electron chi connectivity index (χ1n) is 3.78. The molecule has 2 aromatic heterocycles. The van der Waals surface area contributed by atoms with Gasteiger partial charge in [0.2, 0.25) is 0 Å². The molecule has 0 saturated carbocycles. The van der Waals surface area contributed by atoms with Gasteiger partial charge in [-0.05, 0) is 6.07 Å². The number of aryl methyl sites for hydroxylation is 1. The SMILES string of the molecule is ClCCc1nnc(-c2ccn[nH]2)s1. The van der Waals surface area contributed by atoms with E-state index in [1.165, 1.54) is 11.3 Å². The number of H-pyrrole nitrogens is 1. The molecule has 2 heterocycles. The van der Waals surface area contributed by atoms with E-state index in [4.69, 9.17) is 11.6 Å². The van der Waals surface area contributed by atoms with Crippen LogP contribution < -0.4 is 0 Å². The van der Waals surface area contributed by atoms with Gasteiger partial charge in [0.1, 0.15) is 5.01 Å². The Morgan fingerprint density at radius 3 is 3.08 bits per heavy atom. The molecule has 0 saturated heterocycles. The summed E-state index contributed by atoms with van der Waals surface area (Å²) in [6.07, 6.45) is 2.46. The van der Waals surface area contributed by atoms with E-state index in [2.05, 4.69) is 20.4 Å². The Hall–Kier alpha value is -0.940. The van der Waals surface area contributed by atoms with E-state index in [9.17, 15) is 0 Å². The van der Waals surface area contributed by atoms with Crippen LogP contribution in [0.3, 0.4) is 0 Å². The van der Waals surface area contributed by atoms with E-state index >= 15 is 0 Å². The van der Waals surface area contributed by atoms with E-state index < -0.39 is 0 Å². The van der Waals surface area contributed by atoms with Crippen LogP contribution in [0.2, 0.25) is 0 Å². The zero-order chi connectivity index (χ0) is 9.10. The summed E-state index contributed by atoms with van der Waals surface area (Å²) in [5, 5.41) is 16.5. The Balaban J connectivity index is 2.23. The molecular formula is C7H7ClN4S. The van der Waals surface area contributed by atoms with Gasteiger partial charge >= 0.3 is 0 Å². The van der Waals surface area contributed by atoms with Crippen LogP contribution in [0.1, 0.15) is 5.01 Å². The van der Waals surface area contributed by atoms with E-state index in [1.807, 2.05) is 6.07 Å². The average molecular weight is 215 g/mol. The maximum absolute atomic E-state index is 5.59. The monoisotopic (exact) mass is 214 g/mol. The molecule has 0 radical (unpaired) electrons. The maximum atomic E-state index is 5.59. The van der Waals surface area contributed by atoms with Crippen LogP contribution in [0.15, 0.2) is 12.3 Å². The fourth-order valence-electron chi connectivity index (χ4n) is 0.919. The molecule has 0 fully saturated rings. The highest BCUT2D eigenvalue weighted by molar-refractivity contribution is 7.14. The number of rotatable bonds is 3. The van der Waals surface area contributed by atoms with Crippen LogP contribution in [-0.4, -0.2) is 26.3 Å². The number of aromatic nitrogens is 4. The second-order valence-electron chi connectivity index (χ2n) is 2.41. The Bertz CT molecular complexity index is 370. The lowest BCUT2D eigenvalue weighted by atomic mass is 10.5. The molecular weight excluding hydrogens is 208 g/mol. The lowest BCUT2D eigenvalue weighted by Crippen LogP contribution is -1.83. The van der Waals surface area contributed by atoms with Gasteiger partial charge < -0.3 is 0 Å². The molecule has 0 aliphatic carbocycles. The molecule has 0 atom stereocenters. The van der Waals surface area contributed by atoms with E-state index in [0.717, 1.165) is 22.1 Å². The summed E-state index contributed by atoms with van der Waals surface area (Å²) in [4.78, 5) is 0. The van der Waals surface area contributed by atoms with Crippen LogP contribution in [0.5, 0.6) is 0 Å². The molecule has 6 heteroatoms. The lowest BCUT2D eigenvalue weighted by Gasteiger charge is -1.84. The lowest BCUT2D eigenvalue weighted by molar-refractivity contribution is 0.984. The molecule has 2 aromatic rings. The zero-order valence-corrected chi connectivity index (χ0v) is 8.27. The summed E-state index contributed by atoms with van der Waals surface area (Å²) in [5.41, 5.74) is 0.901. The second kappa shape index (κ2) is 3.85. The molecule has 0 amide bonds. The molecule has 13 heavy (non-hydrogen) atoms. The molecule has 0 aliphatic rings. The van der Waals surface area contributed by atoms with Gasteiger partial charge in [0.15, 0.2) is 5.01 Å². The third-order valence-electron chi connectivity index (χ3n) is 1.51. The predicted octanol–water partition coefficient (Wildman–Crippen LogP) is 1.71. The number of halogens is 1. The third-order valence-corrected chi connectivity index (χ3v) is 2.71. The van der Waals surface area contributed by atoms with Crippen molar-refractivity contribution < 1.29 is 0 Å². The van der Waals surface area contributed by atoms with Gasteiger partial charge in [0.25, 0.3) is 0 Å². The van der Waals surface area contributed by atoms with Crippen molar-refractivity contribution in [3.8, 4) is 10.7 Å². The van der Waals surface area contributed by atoms with Crippen molar-refractivity contribution in [1.82, 2.24) is 20.4 Å². The van der Waals surface area contributed by atoms with Gasteiger partial charge in [-0.1, -0.05) is 11.3 Å². The average Bonchev–Trinajstić information content (AvgIpc) is 2.70. The van der Waals surface area contributed by atoms with Gasteiger partial charge in [0, 0.05) is 18.5 Å². The zero-order valence-electron chi connectivity index (χ0n) is 6.70. The van der Waals surface area contributed by atoms with Crippen molar-refractivity contribution >= 4 is 22.9 Å². The van der Waals surface area contributed by atoms with Gasteiger partial charge in [-0.2, -0.15) is 5.10 Å². The Morgan fingerprint density at radius 2 is 2.38 bits per heavy atom. The number of nitrogens with one attached hydrogen (secondary N) is 1. The number of nitrogens with zero attached hydrogens (tertiary/aromatic N) is 3. The molecule has 0 aromatic carbocycles. The fraction of sp³-hybridized carbons (Fsp3) is 0.286. The summed E-state index contributed by atoms with van der Waals surface area (Å²) in [6, 6.07) is 1.87. The summed E-state index contributed by atoms with van der Waals surface area (Å²) in [6.45, 7) is 0. The Morgan fingerprint density at radius 1 is 1.46 bits per heavy atom. The van der Waals surface area contributed by atoms with E-state index in [1.54, 1.807) is 6.20 Å². The standard InChI is InChI=1S/C7H7ClN4S/c8-3-1-6-11-12-7(13-6)5-2-4-9-10-5/h2,4H,1,3H2,(H,9,10). The van der Waals surface area contributed by atoms with Crippen molar-refractivity contribution in [1.29, 1.82) is 0 Å². The second-order valence-corrected chi connectivity index (χ2v) is 3.85. The summed E-state index contributed by atoms with van der Waals surface area (Å²) >= 11 is 7.13. The van der Waals surface area contributed by atoms with Crippen molar-refractivity contribution in [2.45, 2.75) is 6.42 Å². The molecule has 2 rings (SSSR count). The number of alkyl halides is 1. The largest absolute Gasteiger partial charge is 0.275 e. The first kappa shape index (κ1) is 8.65. The summed E-state index contributed by atoms with van der Waals surface area (Å²) < 4.78 is 0. The smallest absolute Gasteiger partial charge is 0.165 e. The molecule has 68 valence electrons. The minimum atomic E-state index is 0.581. The fourth-order valence-corrected chi connectivity index (χ4v) is 2.02. The molecule has 0 aliphatic heterocycles. The molecule has 0 bridgehead atoms. The van der Waals surface area contributed by atoms with Crippen molar-refractivity contribution in [2.24, 2.45) is 0 Å². The summed E-state index contributed by atoms with van der Waals surface area (Å²) in [7, 11) is 0. The van der Waals surface area contributed by atoms with Crippen LogP contribution in [0.25, 0.3) is 10.7 Å². The topological polar surface area (TPSA) is 54.5 Å². The van der Waals surface area contributed by atoms with Gasteiger partial charge in [-0.3, -0.25) is 5.10 Å². The molecule has 0 unspecified atom stereocenters. The highest BCUT2D eigenvalue weighted by atomic mass is 35.5. The Kier molecular flexibility index (Phi) is 2.56. The number of hydrogen-bond acceptors (Lipinski definition) is 4. The summed E-state index contributed by atoms with van der Waals surface area (Å²) in [5.74, 6) is 0.581. The van der Waals surface area contributed by atoms with Crippen molar-refractivity contribution in [2.75, 3.05) is 5.88 Å². The van der Waals surface area contributed by atoms with Crippen LogP contribution in [-0.2, 0) is 6.42 Å². The van der Waals surface area contributed by atoms with Gasteiger partial charge in [-0.25, -0.2) is 0 Å². The highest BCUT2D eigenvalue weighted by Crippen LogP contribution is 2.21. The minimum absolute atomic E-state index is 0.581. The van der Waals surface area contributed by atoms with E-state index in [0.29, 0.717) is 5.88 Å². The molecule has 4 nitrogen and oxygen atoms in total. The van der Waals surface area contributed by atoms with Crippen molar-refractivity contribution in [3.05, 3.63) is 17.3 Å². The quantitative estimate of drug-likeness (QED) is 0.792. The molecule has 1 N–H and O–H groups in total. The normalized spacial score (nSPS) is 10.5. The highest BCUT2D eigenvalue weighted by Gasteiger charge is 2.06. The van der Waals surface area contributed by atoms with Crippen LogP contribution >= 0.6 is 22.9 Å². The predicted molar refractivity (Wildman–Crippen MR) is 51.9 cm³/mol. The minimum Gasteiger partial charge on any atom is -0.275 e. The number of aromatic amines is 1. The Labute approximate surface area is 84.0 Å². The maximum Gasteiger partial charge on any atom is 0.165 e. The number of hydrogen-bond donors (Lipinski definition) is 1. The third kappa shape index (κ3) is 1.87. The van der Waals surface area contributed by atoms with Gasteiger partial charge in [-0.15, -0.1) is 21.8 Å². The first-order valence-corrected chi connectivity index (χ1v) is 5.13. The van der Waals surface area contributed by atoms with E-state index in [-0.39, 0.29) is 0 Å². The first-order chi connectivity index (χ1) is 6.40. The van der Waals surface area contributed by atoms with Crippen LogP contribution in [0.4, 0.5) is 0 Å². The van der Waals surface area contributed by atoms with Gasteiger partial charge in [0.05, 0.1) is 5.69 Å².